The highest BCUT2D eigenvalue weighted by Gasteiger charge is 1.99. The Hall–Kier alpha value is -1.87. The number of aromatic nitrogens is 1. The van der Waals surface area contributed by atoms with Gasteiger partial charge in [-0.3, -0.25) is 10.4 Å². The average Bonchev–Trinajstić information content (AvgIpc) is 2.38. The van der Waals surface area contributed by atoms with Crippen LogP contribution in [0.1, 0.15) is 12.6 Å². The van der Waals surface area contributed by atoms with E-state index in [1.54, 1.807) is 6.20 Å². The van der Waals surface area contributed by atoms with Crippen molar-refractivity contribution in [1.29, 1.82) is 0 Å². The Morgan fingerprint density at radius 3 is 2.65 bits per heavy atom. The van der Waals surface area contributed by atoms with Crippen molar-refractivity contribution in [3.05, 3.63) is 59.4 Å². The molecule has 1 heterocycles. The van der Waals surface area contributed by atoms with Gasteiger partial charge in [0.05, 0.1) is 22.1 Å². The van der Waals surface area contributed by atoms with E-state index in [0.29, 0.717) is 5.02 Å². The minimum Gasteiger partial charge on any atom is -0.277 e. The second-order valence-electron chi connectivity index (χ2n) is 3.50. The van der Waals surface area contributed by atoms with Gasteiger partial charge in [-0.1, -0.05) is 29.8 Å². The maximum Gasteiger partial charge on any atom is 0.0859 e. The summed E-state index contributed by atoms with van der Waals surface area (Å²) < 4.78 is 0. The Morgan fingerprint density at radius 1 is 1.18 bits per heavy atom. The maximum atomic E-state index is 6.01. The van der Waals surface area contributed by atoms with Crippen LogP contribution in [0.2, 0.25) is 5.02 Å². The lowest BCUT2D eigenvalue weighted by Crippen LogP contribution is -2.01. The largest absolute Gasteiger partial charge is 0.277 e. The van der Waals surface area contributed by atoms with Crippen molar-refractivity contribution in [3.8, 4) is 0 Å². The van der Waals surface area contributed by atoms with E-state index in [-0.39, 0.29) is 0 Å². The van der Waals surface area contributed by atoms with E-state index < -0.39 is 0 Å². The molecule has 0 radical (unpaired) electrons. The van der Waals surface area contributed by atoms with Crippen molar-refractivity contribution in [2.45, 2.75) is 6.92 Å². The van der Waals surface area contributed by atoms with Gasteiger partial charge in [0.25, 0.3) is 0 Å². The quantitative estimate of drug-likeness (QED) is 0.663. The number of para-hydroxylation sites is 1. The van der Waals surface area contributed by atoms with Crippen molar-refractivity contribution >= 4 is 23.0 Å². The van der Waals surface area contributed by atoms with Crippen LogP contribution in [0.5, 0.6) is 0 Å². The van der Waals surface area contributed by atoms with Crippen LogP contribution in [0.3, 0.4) is 0 Å². The fraction of sp³-hybridized carbons (Fsp3) is 0.0769. The number of pyridine rings is 1. The van der Waals surface area contributed by atoms with E-state index in [2.05, 4.69) is 15.5 Å². The van der Waals surface area contributed by atoms with Crippen LogP contribution in [0.15, 0.2) is 53.8 Å². The molecule has 0 amide bonds. The van der Waals surface area contributed by atoms with Crippen LogP contribution in [0.25, 0.3) is 0 Å². The summed E-state index contributed by atoms with van der Waals surface area (Å²) in [5.74, 6) is 0. The van der Waals surface area contributed by atoms with Crippen LogP contribution < -0.4 is 5.43 Å². The molecule has 4 heteroatoms. The first-order valence-electron chi connectivity index (χ1n) is 5.23. The lowest BCUT2D eigenvalue weighted by atomic mass is 10.3. The number of hydrogen-bond donors (Lipinski definition) is 1. The second kappa shape index (κ2) is 5.46. The highest BCUT2D eigenvalue weighted by Crippen LogP contribution is 2.20. The average molecular weight is 246 g/mol. The molecule has 0 saturated heterocycles. The van der Waals surface area contributed by atoms with Gasteiger partial charge in [-0.05, 0) is 31.2 Å². The van der Waals surface area contributed by atoms with Gasteiger partial charge >= 0.3 is 0 Å². The van der Waals surface area contributed by atoms with Crippen molar-refractivity contribution in [2.24, 2.45) is 5.10 Å². The first-order chi connectivity index (χ1) is 8.27. The van der Waals surface area contributed by atoms with Gasteiger partial charge in [-0.15, -0.1) is 0 Å². The molecule has 0 aliphatic heterocycles. The van der Waals surface area contributed by atoms with Crippen molar-refractivity contribution in [2.75, 3.05) is 5.43 Å². The Bertz CT molecular complexity index is 523. The van der Waals surface area contributed by atoms with Crippen LogP contribution in [-0.2, 0) is 0 Å². The van der Waals surface area contributed by atoms with Gasteiger partial charge < -0.3 is 0 Å². The zero-order valence-corrected chi connectivity index (χ0v) is 10.1. The molecule has 0 saturated carbocycles. The number of nitrogens with one attached hydrogen (secondary N) is 1. The standard InChI is InChI=1S/C13H12ClN3/c1-10(12-7-4-5-9-15-12)16-17-13-8-3-2-6-11(13)14/h2-9,17H,1H3. The van der Waals surface area contributed by atoms with Crippen LogP contribution in [0, 0.1) is 0 Å². The van der Waals surface area contributed by atoms with Crippen LogP contribution in [0.4, 0.5) is 5.69 Å². The Labute approximate surface area is 105 Å². The topological polar surface area (TPSA) is 37.3 Å². The van der Waals surface area contributed by atoms with Gasteiger partial charge in [0.1, 0.15) is 0 Å². The van der Waals surface area contributed by atoms with Gasteiger partial charge in [-0.2, -0.15) is 5.10 Å². The number of benzene rings is 1. The molecule has 0 aliphatic rings. The molecule has 0 spiro atoms. The van der Waals surface area contributed by atoms with Gasteiger partial charge in [0, 0.05) is 6.20 Å². The maximum absolute atomic E-state index is 6.01. The monoisotopic (exact) mass is 245 g/mol. The molecule has 86 valence electrons. The lowest BCUT2D eigenvalue weighted by Gasteiger charge is -2.04. The summed E-state index contributed by atoms with van der Waals surface area (Å²) in [4.78, 5) is 4.21. The predicted molar refractivity (Wildman–Crippen MR) is 71.5 cm³/mol. The molecule has 0 fully saturated rings. The van der Waals surface area contributed by atoms with E-state index in [0.717, 1.165) is 17.1 Å². The van der Waals surface area contributed by atoms with Gasteiger partial charge in [0.2, 0.25) is 0 Å². The molecule has 17 heavy (non-hydrogen) atoms. The number of hydrogen-bond acceptors (Lipinski definition) is 3. The van der Waals surface area contributed by atoms with E-state index in [4.69, 9.17) is 11.6 Å². The normalized spacial score (nSPS) is 11.3. The van der Waals surface area contributed by atoms with E-state index >= 15 is 0 Å². The summed E-state index contributed by atoms with van der Waals surface area (Å²) in [5, 5.41) is 4.89. The third-order valence-corrected chi connectivity index (χ3v) is 2.58. The fourth-order valence-corrected chi connectivity index (χ4v) is 1.51. The Kier molecular flexibility index (Phi) is 3.73. The molecule has 0 atom stereocenters. The zero-order chi connectivity index (χ0) is 12.1. The molecule has 0 aliphatic carbocycles. The molecule has 3 nitrogen and oxygen atoms in total. The molecular formula is C13H12ClN3. The van der Waals surface area contributed by atoms with E-state index in [1.165, 1.54) is 0 Å². The molecule has 2 rings (SSSR count). The summed E-state index contributed by atoms with van der Waals surface area (Å²) in [6.45, 7) is 1.90. The number of anilines is 1. The first kappa shape index (κ1) is 11.6. The minimum absolute atomic E-state index is 0.644. The Balaban J connectivity index is 2.14. The lowest BCUT2D eigenvalue weighted by molar-refractivity contribution is 1.25. The SMILES string of the molecule is CC(=NNc1ccccc1Cl)c1ccccn1. The minimum atomic E-state index is 0.644. The fourth-order valence-electron chi connectivity index (χ4n) is 1.33. The van der Waals surface area contributed by atoms with Gasteiger partial charge in [0.15, 0.2) is 0 Å². The number of halogens is 1. The summed E-state index contributed by atoms with van der Waals surface area (Å²) in [7, 11) is 0. The molecule has 1 aromatic carbocycles. The number of nitrogens with zero attached hydrogens (tertiary/aromatic N) is 2. The zero-order valence-electron chi connectivity index (χ0n) is 9.39. The predicted octanol–water partition coefficient (Wildman–Crippen LogP) is 3.57. The summed E-state index contributed by atoms with van der Waals surface area (Å²) in [6, 6.07) is 13.2. The number of rotatable bonds is 3. The molecular weight excluding hydrogens is 234 g/mol. The van der Waals surface area contributed by atoms with Gasteiger partial charge in [-0.25, -0.2) is 0 Å². The van der Waals surface area contributed by atoms with Crippen molar-refractivity contribution in [3.63, 3.8) is 0 Å². The highest BCUT2D eigenvalue weighted by atomic mass is 35.5. The van der Waals surface area contributed by atoms with Crippen molar-refractivity contribution < 1.29 is 0 Å². The molecule has 2 aromatic rings. The van der Waals surface area contributed by atoms with Crippen LogP contribution in [-0.4, -0.2) is 10.7 Å². The molecule has 1 aromatic heterocycles. The molecule has 0 unspecified atom stereocenters. The molecule has 1 N–H and O–H groups in total. The smallest absolute Gasteiger partial charge is 0.0859 e. The summed E-state index contributed by atoms with van der Waals surface area (Å²) >= 11 is 6.01. The third kappa shape index (κ3) is 3.04. The summed E-state index contributed by atoms with van der Waals surface area (Å²) in [5.41, 5.74) is 5.36. The summed E-state index contributed by atoms with van der Waals surface area (Å²) in [6.07, 6.45) is 1.74. The number of hydrazone groups is 1. The van der Waals surface area contributed by atoms with Crippen LogP contribution >= 0.6 is 11.6 Å². The third-order valence-electron chi connectivity index (χ3n) is 2.25. The Morgan fingerprint density at radius 2 is 1.94 bits per heavy atom. The first-order valence-corrected chi connectivity index (χ1v) is 5.61. The second-order valence-corrected chi connectivity index (χ2v) is 3.91. The molecule has 0 bridgehead atoms. The van der Waals surface area contributed by atoms with E-state index in [1.807, 2.05) is 49.4 Å². The van der Waals surface area contributed by atoms with E-state index in [9.17, 15) is 0 Å². The highest BCUT2D eigenvalue weighted by molar-refractivity contribution is 6.33. The van der Waals surface area contributed by atoms with Crippen molar-refractivity contribution in [1.82, 2.24) is 4.98 Å².